The van der Waals surface area contributed by atoms with Crippen LogP contribution in [-0.2, 0) is 11.2 Å². The molecule has 1 heterocycles. The van der Waals surface area contributed by atoms with Gasteiger partial charge in [-0.05, 0) is 41.4 Å². The minimum atomic E-state index is 0.0494. The van der Waals surface area contributed by atoms with Crippen LogP contribution in [0.2, 0.25) is 0 Å². The summed E-state index contributed by atoms with van der Waals surface area (Å²) in [7, 11) is 0. The van der Waals surface area contributed by atoms with Crippen molar-refractivity contribution in [3.63, 3.8) is 0 Å². The Hall–Kier alpha value is -1.35. The molecule has 2 rings (SSSR count). The highest BCUT2D eigenvalue weighted by Gasteiger charge is 2.21. The first-order chi connectivity index (χ1) is 9.24. The average Bonchev–Trinajstić information content (AvgIpc) is 2.64. The van der Waals surface area contributed by atoms with Gasteiger partial charge in [0.2, 0.25) is 5.91 Å². The molecule has 3 heteroatoms. The van der Waals surface area contributed by atoms with Crippen molar-refractivity contribution in [2.75, 3.05) is 5.32 Å². The van der Waals surface area contributed by atoms with Gasteiger partial charge in [0.25, 0.3) is 0 Å². The molecule has 2 atom stereocenters. The number of benzene rings is 1. The number of carbonyl (C=O) groups is 1. The molecule has 0 fully saturated rings. The van der Waals surface area contributed by atoms with Gasteiger partial charge in [-0.3, -0.25) is 4.79 Å². The van der Waals surface area contributed by atoms with Gasteiger partial charge in [0, 0.05) is 11.7 Å². The number of nitrogens with two attached hydrogens (primary N) is 1. The van der Waals surface area contributed by atoms with Gasteiger partial charge in [-0.1, -0.05) is 39.8 Å². The summed E-state index contributed by atoms with van der Waals surface area (Å²) in [4.78, 5) is 11.4. The van der Waals surface area contributed by atoms with E-state index in [4.69, 9.17) is 5.73 Å². The number of fused-ring (bicyclic) bond motifs is 1. The molecule has 0 radical (unpaired) electrons. The zero-order valence-corrected chi connectivity index (χ0v) is 13.0. The topological polar surface area (TPSA) is 55.1 Å². The lowest BCUT2D eigenvalue weighted by Gasteiger charge is -2.25. The van der Waals surface area contributed by atoms with Gasteiger partial charge in [-0.2, -0.15) is 0 Å². The molecule has 2 unspecified atom stereocenters. The molecule has 1 aliphatic rings. The molecular formula is C17H26N2O. The molecule has 0 saturated heterocycles. The van der Waals surface area contributed by atoms with Gasteiger partial charge >= 0.3 is 0 Å². The molecule has 0 aliphatic carbocycles. The number of nitrogens with one attached hydrogen (secondary N) is 1. The summed E-state index contributed by atoms with van der Waals surface area (Å²) in [6.07, 6.45) is 2.64. The normalized spacial score (nSPS) is 17.6. The number of hydrogen-bond donors (Lipinski definition) is 2. The second-order valence-electron chi connectivity index (χ2n) is 7.35. The summed E-state index contributed by atoms with van der Waals surface area (Å²) in [5.41, 5.74) is 9.83. The predicted molar refractivity (Wildman–Crippen MR) is 83.6 cm³/mol. The zero-order chi connectivity index (χ0) is 14.9. The zero-order valence-electron chi connectivity index (χ0n) is 13.0. The van der Waals surface area contributed by atoms with Crippen LogP contribution in [0.4, 0.5) is 5.69 Å². The Labute approximate surface area is 121 Å². The molecule has 1 aromatic rings. The van der Waals surface area contributed by atoms with Crippen molar-refractivity contribution in [2.45, 2.75) is 53.0 Å². The van der Waals surface area contributed by atoms with E-state index in [0.717, 1.165) is 23.2 Å². The smallest absolute Gasteiger partial charge is 0.228 e. The molecule has 110 valence electrons. The first-order valence-corrected chi connectivity index (χ1v) is 7.43. The van der Waals surface area contributed by atoms with Gasteiger partial charge in [0.1, 0.15) is 0 Å². The van der Waals surface area contributed by atoms with Gasteiger partial charge < -0.3 is 11.1 Å². The molecule has 1 aliphatic heterocycles. The van der Waals surface area contributed by atoms with Crippen LogP contribution in [0, 0.1) is 11.3 Å². The minimum absolute atomic E-state index is 0.0494. The summed E-state index contributed by atoms with van der Waals surface area (Å²) in [5, 5.41) is 2.86. The second kappa shape index (κ2) is 5.57. The van der Waals surface area contributed by atoms with Crippen molar-refractivity contribution >= 4 is 11.6 Å². The summed E-state index contributed by atoms with van der Waals surface area (Å²) in [6.45, 7) is 9.06. The lowest BCUT2D eigenvalue weighted by atomic mass is 9.82. The summed E-state index contributed by atoms with van der Waals surface area (Å²) in [5.74, 6) is 0.671. The Morgan fingerprint density at radius 1 is 1.35 bits per heavy atom. The van der Waals surface area contributed by atoms with E-state index >= 15 is 0 Å². The molecule has 1 aromatic carbocycles. The fraction of sp³-hybridized carbons (Fsp3) is 0.588. The van der Waals surface area contributed by atoms with Crippen LogP contribution < -0.4 is 11.1 Å². The quantitative estimate of drug-likeness (QED) is 0.880. The van der Waals surface area contributed by atoms with E-state index in [2.05, 4.69) is 39.1 Å². The largest absolute Gasteiger partial charge is 0.326 e. The van der Waals surface area contributed by atoms with Crippen molar-refractivity contribution in [2.24, 2.45) is 17.1 Å². The van der Waals surface area contributed by atoms with E-state index in [-0.39, 0.29) is 11.9 Å². The van der Waals surface area contributed by atoms with Gasteiger partial charge in [0.15, 0.2) is 0 Å². The Morgan fingerprint density at radius 2 is 2.05 bits per heavy atom. The molecule has 0 saturated carbocycles. The van der Waals surface area contributed by atoms with E-state index in [0.29, 0.717) is 17.8 Å². The number of anilines is 1. The third-order valence-corrected chi connectivity index (χ3v) is 3.80. The molecule has 1 amide bonds. The van der Waals surface area contributed by atoms with E-state index in [1.807, 2.05) is 12.1 Å². The Bertz CT molecular complexity index is 502. The average molecular weight is 274 g/mol. The molecule has 3 nitrogen and oxygen atoms in total. The summed E-state index contributed by atoms with van der Waals surface area (Å²) >= 11 is 0. The third kappa shape index (κ3) is 3.83. The van der Waals surface area contributed by atoms with Gasteiger partial charge in [-0.25, -0.2) is 0 Å². The monoisotopic (exact) mass is 274 g/mol. The maximum atomic E-state index is 11.4. The number of carbonyl (C=O) groups excluding carboxylic acids is 1. The second-order valence-corrected chi connectivity index (χ2v) is 7.35. The van der Waals surface area contributed by atoms with Crippen molar-refractivity contribution in [3.8, 4) is 0 Å². The summed E-state index contributed by atoms with van der Waals surface area (Å²) in [6, 6.07) is 6.15. The fourth-order valence-corrected chi connectivity index (χ4v) is 3.18. The van der Waals surface area contributed by atoms with E-state index in [9.17, 15) is 4.79 Å². The number of rotatable bonds is 4. The van der Waals surface area contributed by atoms with Crippen molar-refractivity contribution in [3.05, 3.63) is 29.3 Å². The van der Waals surface area contributed by atoms with Crippen molar-refractivity contribution < 1.29 is 4.79 Å². The minimum Gasteiger partial charge on any atom is -0.326 e. The lowest BCUT2D eigenvalue weighted by Crippen LogP contribution is -2.18. The molecule has 20 heavy (non-hydrogen) atoms. The molecule has 3 N–H and O–H groups in total. The third-order valence-electron chi connectivity index (χ3n) is 3.80. The van der Waals surface area contributed by atoms with E-state index < -0.39 is 0 Å². The van der Waals surface area contributed by atoms with Crippen molar-refractivity contribution in [1.29, 1.82) is 0 Å². The van der Waals surface area contributed by atoms with Crippen LogP contribution in [0.15, 0.2) is 18.2 Å². The van der Waals surface area contributed by atoms with Crippen LogP contribution in [0.5, 0.6) is 0 Å². The van der Waals surface area contributed by atoms with Crippen LogP contribution in [-0.4, -0.2) is 5.91 Å². The number of amides is 1. The maximum Gasteiger partial charge on any atom is 0.228 e. The predicted octanol–water partition coefficient (Wildman–Crippen LogP) is 3.64. The first kappa shape index (κ1) is 15.0. The Kier molecular flexibility index (Phi) is 4.19. The first-order valence-electron chi connectivity index (χ1n) is 7.43. The van der Waals surface area contributed by atoms with Crippen LogP contribution >= 0.6 is 0 Å². The lowest BCUT2D eigenvalue weighted by molar-refractivity contribution is -0.115. The molecule has 0 bridgehead atoms. The van der Waals surface area contributed by atoms with Crippen molar-refractivity contribution in [1.82, 2.24) is 0 Å². The Balaban J connectivity index is 2.01. The fourth-order valence-electron chi connectivity index (χ4n) is 3.18. The van der Waals surface area contributed by atoms with Gasteiger partial charge in [-0.15, -0.1) is 0 Å². The highest BCUT2D eigenvalue weighted by molar-refractivity contribution is 5.99. The van der Waals surface area contributed by atoms with E-state index in [1.54, 1.807) is 0 Å². The van der Waals surface area contributed by atoms with Gasteiger partial charge in [0.05, 0.1) is 6.42 Å². The molecule has 0 spiro atoms. The SMILES string of the molecule is CC(CC(N)c1ccc2c(c1)CC(=O)N2)CC(C)(C)C. The standard InChI is InChI=1S/C17H26N2O/c1-11(10-17(2,3)4)7-14(18)12-5-6-15-13(8-12)9-16(20)19-15/h5-6,8,11,14H,7,9-10,18H2,1-4H3,(H,19,20). The highest BCUT2D eigenvalue weighted by Crippen LogP contribution is 2.31. The van der Waals surface area contributed by atoms with Crippen LogP contribution in [0.25, 0.3) is 0 Å². The molecular weight excluding hydrogens is 248 g/mol. The maximum absolute atomic E-state index is 11.4. The van der Waals surface area contributed by atoms with Crippen LogP contribution in [0.1, 0.15) is 57.7 Å². The highest BCUT2D eigenvalue weighted by atomic mass is 16.1. The van der Waals surface area contributed by atoms with E-state index in [1.165, 1.54) is 6.42 Å². The number of hydrogen-bond acceptors (Lipinski definition) is 2. The van der Waals surface area contributed by atoms with Crippen LogP contribution in [0.3, 0.4) is 0 Å². The molecule has 0 aromatic heterocycles. The summed E-state index contributed by atoms with van der Waals surface area (Å²) < 4.78 is 0. The Morgan fingerprint density at radius 3 is 2.70 bits per heavy atom.